The molecule has 1 atom stereocenters. The van der Waals surface area contributed by atoms with Crippen LogP contribution in [-0.4, -0.2) is 29.9 Å². The molecule has 1 aromatic rings. The fourth-order valence-corrected chi connectivity index (χ4v) is 2.03. The van der Waals surface area contributed by atoms with Crippen LogP contribution in [0.2, 0.25) is 0 Å². The van der Waals surface area contributed by atoms with Crippen LogP contribution >= 0.6 is 0 Å². The van der Waals surface area contributed by atoms with Crippen molar-refractivity contribution in [1.29, 1.82) is 0 Å². The number of ether oxygens (including phenoxy) is 1. The van der Waals surface area contributed by atoms with Crippen molar-refractivity contribution in [3.63, 3.8) is 0 Å². The Bertz CT molecular complexity index is 555. The predicted octanol–water partition coefficient (Wildman–Crippen LogP) is 2.36. The number of benzene rings is 1. The molecular weight excluding hydrogens is 284 g/mol. The molecule has 0 aliphatic carbocycles. The van der Waals surface area contributed by atoms with E-state index in [9.17, 15) is 9.59 Å². The van der Waals surface area contributed by atoms with Gasteiger partial charge in [0, 0.05) is 0 Å². The summed E-state index contributed by atoms with van der Waals surface area (Å²) >= 11 is 0. The zero-order chi connectivity index (χ0) is 16.9. The Kier molecular flexibility index (Phi) is 6.22. The largest absolute Gasteiger partial charge is 0.480 e. The van der Waals surface area contributed by atoms with Crippen molar-refractivity contribution in [3.05, 3.63) is 28.8 Å². The minimum Gasteiger partial charge on any atom is -0.480 e. The minimum atomic E-state index is -1.06. The van der Waals surface area contributed by atoms with Crippen LogP contribution < -0.4 is 15.4 Å². The van der Waals surface area contributed by atoms with Gasteiger partial charge in [0.05, 0.1) is 0 Å². The fraction of sp³-hybridized carbons (Fsp3) is 0.500. The van der Waals surface area contributed by atoms with Crippen LogP contribution in [0.25, 0.3) is 0 Å². The summed E-state index contributed by atoms with van der Waals surface area (Å²) in [6, 6.07) is 2.47. The smallest absolute Gasteiger partial charge is 0.326 e. The lowest BCUT2D eigenvalue weighted by Gasteiger charge is -2.19. The Balaban J connectivity index is 2.56. The van der Waals surface area contributed by atoms with E-state index in [1.807, 2.05) is 32.9 Å². The second kappa shape index (κ2) is 7.68. The molecule has 0 saturated heterocycles. The number of aliphatic carboxylic acids is 1. The van der Waals surface area contributed by atoms with Gasteiger partial charge in [0.2, 0.25) is 0 Å². The summed E-state index contributed by atoms with van der Waals surface area (Å²) in [5.41, 5.74) is 3.11. The molecule has 0 saturated carbocycles. The highest BCUT2D eigenvalue weighted by Crippen LogP contribution is 2.25. The molecule has 0 aliphatic rings. The summed E-state index contributed by atoms with van der Waals surface area (Å²) in [6.07, 6.45) is 0. The molecule has 0 heterocycles. The van der Waals surface area contributed by atoms with E-state index < -0.39 is 18.0 Å². The first kappa shape index (κ1) is 17.8. The normalized spacial score (nSPS) is 11.9. The standard InChI is InChI=1S/C16H24N2O4/c1-9(2)13(15(19)20)18-16(21)17-8-22-14-11(4)7-6-10(3)12(14)5/h6-7,9,13H,8H2,1-5H3,(H,19,20)(H2,17,18,21). The Morgan fingerprint density at radius 3 is 2.32 bits per heavy atom. The van der Waals surface area contributed by atoms with Crippen LogP contribution in [0, 0.1) is 26.7 Å². The van der Waals surface area contributed by atoms with Crippen LogP contribution in [-0.2, 0) is 4.79 Å². The van der Waals surface area contributed by atoms with Gasteiger partial charge in [0.15, 0.2) is 6.73 Å². The van der Waals surface area contributed by atoms with Crippen LogP contribution in [0.4, 0.5) is 4.79 Å². The Labute approximate surface area is 130 Å². The molecule has 6 heteroatoms. The Morgan fingerprint density at radius 1 is 1.18 bits per heavy atom. The first-order chi connectivity index (χ1) is 10.2. The predicted molar refractivity (Wildman–Crippen MR) is 84.1 cm³/mol. The number of hydrogen-bond donors (Lipinski definition) is 3. The molecule has 122 valence electrons. The minimum absolute atomic E-state index is 0.0264. The van der Waals surface area contributed by atoms with Crippen LogP contribution in [0.1, 0.15) is 30.5 Å². The number of aryl methyl sites for hydroxylation is 2. The maximum atomic E-state index is 11.7. The molecule has 1 aromatic carbocycles. The topological polar surface area (TPSA) is 87.7 Å². The fourth-order valence-electron chi connectivity index (χ4n) is 2.03. The van der Waals surface area contributed by atoms with Gasteiger partial charge in [0.25, 0.3) is 0 Å². The second-order valence-corrected chi connectivity index (χ2v) is 5.65. The van der Waals surface area contributed by atoms with E-state index in [1.54, 1.807) is 13.8 Å². The molecule has 0 radical (unpaired) electrons. The van der Waals surface area contributed by atoms with E-state index in [4.69, 9.17) is 9.84 Å². The molecule has 0 fully saturated rings. The quantitative estimate of drug-likeness (QED) is 0.704. The van der Waals surface area contributed by atoms with Gasteiger partial charge in [-0.05, 0) is 43.4 Å². The molecule has 0 aliphatic heterocycles. The van der Waals surface area contributed by atoms with Crippen molar-refractivity contribution in [3.8, 4) is 5.75 Å². The number of carbonyl (C=O) groups excluding carboxylic acids is 1. The summed E-state index contributed by atoms with van der Waals surface area (Å²) in [7, 11) is 0. The van der Waals surface area contributed by atoms with E-state index >= 15 is 0 Å². The molecular formula is C16H24N2O4. The second-order valence-electron chi connectivity index (χ2n) is 5.65. The molecule has 0 spiro atoms. The number of hydrogen-bond acceptors (Lipinski definition) is 3. The number of amides is 2. The van der Waals surface area contributed by atoms with Crippen molar-refractivity contribution in [2.24, 2.45) is 5.92 Å². The summed E-state index contributed by atoms with van der Waals surface area (Å²) in [4.78, 5) is 22.7. The SMILES string of the molecule is Cc1ccc(C)c(OCNC(=O)NC(C(=O)O)C(C)C)c1C. The number of rotatable bonds is 6. The first-order valence-electron chi connectivity index (χ1n) is 7.20. The van der Waals surface area contributed by atoms with Gasteiger partial charge in [-0.2, -0.15) is 0 Å². The number of carbonyl (C=O) groups is 2. The number of carboxylic acid groups (broad SMARTS) is 1. The van der Waals surface area contributed by atoms with Crippen molar-refractivity contribution < 1.29 is 19.4 Å². The van der Waals surface area contributed by atoms with E-state index in [0.717, 1.165) is 22.4 Å². The maximum absolute atomic E-state index is 11.7. The van der Waals surface area contributed by atoms with Crippen molar-refractivity contribution in [2.75, 3.05) is 6.73 Å². The Morgan fingerprint density at radius 2 is 1.77 bits per heavy atom. The maximum Gasteiger partial charge on any atom is 0.326 e. The number of carboxylic acids is 1. The lowest BCUT2D eigenvalue weighted by Crippen LogP contribution is -2.49. The molecule has 1 unspecified atom stereocenters. The molecule has 22 heavy (non-hydrogen) atoms. The van der Waals surface area contributed by atoms with Crippen LogP contribution in [0.3, 0.4) is 0 Å². The third kappa shape index (κ3) is 4.65. The molecule has 3 N–H and O–H groups in total. The van der Waals surface area contributed by atoms with Crippen molar-refractivity contribution in [2.45, 2.75) is 40.7 Å². The number of urea groups is 1. The summed E-state index contributed by atoms with van der Waals surface area (Å²) in [5, 5.41) is 13.9. The van der Waals surface area contributed by atoms with E-state index in [2.05, 4.69) is 10.6 Å². The molecule has 6 nitrogen and oxygen atoms in total. The third-order valence-corrected chi connectivity index (χ3v) is 3.54. The highest BCUT2D eigenvalue weighted by atomic mass is 16.5. The first-order valence-corrected chi connectivity index (χ1v) is 7.20. The van der Waals surface area contributed by atoms with Gasteiger partial charge in [-0.1, -0.05) is 26.0 Å². The van der Waals surface area contributed by atoms with E-state index in [1.165, 1.54) is 0 Å². The monoisotopic (exact) mass is 308 g/mol. The Hall–Kier alpha value is -2.24. The lowest BCUT2D eigenvalue weighted by atomic mass is 10.1. The third-order valence-electron chi connectivity index (χ3n) is 3.54. The van der Waals surface area contributed by atoms with Crippen molar-refractivity contribution in [1.82, 2.24) is 10.6 Å². The average Bonchev–Trinajstić information content (AvgIpc) is 2.43. The zero-order valence-electron chi connectivity index (χ0n) is 13.7. The summed E-state index contributed by atoms with van der Waals surface area (Å²) in [5.74, 6) is -0.527. The van der Waals surface area contributed by atoms with Gasteiger partial charge < -0.3 is 20.5 Å². The van der Waals surface area contributed by atoms with Gasteiger partial charge >= 0.3 is 12.0 Å². The summed E-state index contributed by atoms with van der Waals surface area (Å²) in [6.45, 7) is 9.31. The van der Waals surface area contributed by atoms with Gasteiger partial charge in [-0.3, -0.25) is 0 Å². The van der Waals surface area contributed by atoms with Crippen molar-refractivity contribution >= 4 is 12.0 Å². The lowest BCUT2D eigenvalue weighted by molar-refractivity contribution is -0.140. The molecule has 0 aromatic heterocycles. The van der Waals surface area contributed by atoms with Gasteiger partial charge in [-0.25, -0.2) is 9.59 Å². The van der Waals surface area contributed by atoms with Gasteiger partial charge in [0.1, 0.15) is 11.8 Å². The summed E-state index contributed by atoms with van der Waals surface area (Å²) < 4.78 is 5.60. The highest BCUT2D eigenvalue weighted by molar-refractivity contribution is 5.82. The highest BCUT2D eigenvalue weighted by Gasteiger charge is 2.23. The number of nitrogens with one attached hydrogen (secondary N) is 2. The van der Waals surface area contributed by atoms with Crippen LogP contribution in [0.15, 0.2) is 12.1 Å². The zero-order valence-corrected chi connectivity index (χ0v) is 13.7. The molecule has 0 bridgehead atoms. The van der Waals surface area contributed by atoms with E-state index in [-0.39, 0.29) is 12.6 Å². The van der Waals surface area contributed by atoms with E-state index in [0.29, 0.717) is 0 Å². The van der Waals surface area contributed by atoms with Crippen LogP contribution in [0.5, 0.6) is 5.75 Å². The van der Waals surface area contributed by atoms with Gasteiger partial charge in [-0.15, -0.1) is 0 Å². The average molecular weight is 308 g/mol. The molecule has 2 amide bonds. The molecule has 1 rings (SSSR count).